The summed E-state index contributed by atoms with van der Waals surface area (Å²) in [4.78, 5) is 10.8. The fourth-order valence-corrected chi connectivity index (χ4v) is 1.61. The molecular weight excluding hydrogens is 245 g/mol. The minimum Gasteiger partial charge on any atom is -0.457 e. The first-order valence-corrected chi connectivity index (χ1v) is 5.62. The summed E-state index contributed by atoms with van der Waals surface area (Å²) in [5.74, 6) is 0.0343. The van der Waals surface area contributed by atoms with E-state index in [9.17, 15) is 9.18 Å². The molecular formula is C15H10FNO2. The number of ether oxygens (including phenoxy) is 1. The molecule has 0 spiro atoms. The van der Waals surface area contributed by atoms with Gasteiger partial charge in [0.1, 0.15) is 17.3 Å². The van der Waals surface area contributed by atoms with Crippen molar-refractivity contribution in [2.75, 3.05) is 0 Å². The summed E-state index contributed by atoms with van der Waals surface area (Å²) in [5, 5.41) is 8.56. The predicted octanol–water partition coefficient (Wildman–Crippen LogP) is 3.50. The van der Waals surface area contributed by atoms with E-state index in [2.05, 4.69) is 0 Å². The summed E-state index contributed by atoms with van der Waals surface area (Å²) in [6.45, 7) is 0. The van der Waals surface area contributed by atoms with E-state index in [0.29, 0.717) is 18.5 Å². The molecule has 0 heterocycles. The van der Waals surface area contributed by atoms with Crippen LogP contribution >= 0.6 is 0 Å². The fraction of sp³-hybridized carbons (Fsp3) is 0.0667. The van der Waals surface area contributed by atoms with Crippen LogP contribution in [0.5, 0.6) is 11.5 Å². The number of rotatable bonds is 4. The Bertz CT molecular complexity index is 630. The van der Waals surface area contributed by atoms with E-state index in [-0.39, 0.29) is 11.3 Å². The van der Waals surface area contributed by atoms with Crippen molar-refractivity contribution in [3.8, 4) is 17.6 Å². The number of aldehydes is 1. The van der Waals surface area contributed by atoms with Crippen molar-refractivity contribution in [1.82, 2.24) is 0 Å². The van der Waals surface area contributed by atoms with Crippen LogP contribution in [0.1, 0.15) is 15.9 Å². The van der Waals surface area contributed by atoms with Gasteiger partial charge in [-0.05, 0) is 29.8 Å². The maximum atomic E-state index is 13.4. The highest BCUT2D eigenvalue weighted by Crippen LogP contribution is 2.26. The first-order chi connectivity index (χ1) is 9.24. The molecule has 94 valence electrons. The Balaban J connectivity index is 2.24. The lowest BCUT2D eigenvalue weighted by Gasteiger charge is -2.08. The number of hydrogen-bond donors (Lipinski definition) is 0. The Morgan fingerprint density at radius 1 is 1.21 bits per heavy atom. The van der Waals surface area contributed by atoms with Gasteiger partial charge in [0, 0.05) is 0 Å². The molecule has 4 heteroatoms. The van der Waals surface area contributed by atoms with Crippen molar-refractivity contribution in [1.29, 1.82) is 5.26 Å². The van der Waals surface area contributed by atoms with E-state index in [0.717, 1.165) is 5.56 Å². The largest absolute Gasteiger partial charge is 0.457 e. The molecule has 19 heavy (non-hydrogen) atoms. The van der Waals surface area contributed by atoms with Crippen LogP contribution in [-0.2, 0) is 6.42 Å². The SMILES string of the molecule is N#CCc1ccc(Oc2cccc(F)c2C=O)cc1. The lowest BCUT2D eigenvalue weighted by Crippen LogP contribution is -1.94. The van der Waals surface area contributed by atoms with E-state index in [1.54, 1.807) is 24.3 Å². The second kappa shape index (κ2) is 5.78. The number of benzene rings is 2. The zero-order chi connectivity index (χ0) is 13.7. The first-order valence-electron chi connectivity index (χ1n) is 5.62. The molecule has 2 aromatic carbocycles. The molecule has 0 N–H and O–H groups in total. The van der Waals surface area contributed by atoms with Gasteiger partial charge in [0.05, 0.1) is 18.1 Å². The van der Waals surface area contributed by atoms with Crippen molar-refractivity contribution in [2.45, 2.75) is 6.42 Å². The van der Waals surface area contributed by atoms with Gasteiger partial charge in [-0.3, -0.25) is 4.79 Å². The predicted molar refractivity (Wildman–Crippen MR) is 67.6 cm³/mol. The molecule has 0 amide bonds. The minimum absolute atomic E-state index is 0.108. The fourth-order valence-electron chi connectivity index (χ4n) is 1.61. The van der Waals surface area contributed by atoms with Gasteiger partial charge in [0.15, 0.2) is 6.29 Å². The standard InChI is InChI=1S/C15H10FNO2/c16-14-2-1-3-15(13(14)10-18)19-12-6-4-11(5-7-12)8-9-17/h1-7,10H,8H2. The monoisotopic (exact) mass is 255 g/mol. The van der Waals surface area contributed by atoms with Crippen LogP contribution in [0.2, 0.25) is 0 Å². The molecule has 0 fully saturated rings. The van der Waals surface area contributed by atoms with Crippen LogP contribution in [0.3, 0.4) is 0 Å². The smallest absolute Gasteiger partial charge is 0.156 e. The third-order valence-corrected chi connectivity index (χ3v) is 2.57. The van der Waals surface area contributed by atoms with Gasteiger partial charge in [0.2, 0.25) is 0 Å². The Hall–Kier alpha value is -2.67. The molecule has 0 radical (unpaired) electrons. The highest BCUT2D eigenvalue weighted by molar-refractivity contribution is 5.79. The average Bonchev–Trinajstić information content (AvgIpc) is 2.42. The maximum absolute atomic E-state index is 13.4. The second-order valence-electron chi connectivity index (χ2n) is 3.85. The zero-order valence-corrected chi connectivity index (χ0v) is 9.97. The number of nitrogens with zero attached hydrogens (tertiary/aromatic N) is 1. The molecule has 2 aromatic rings. The Morgan fingerprint density at radius 2 is 1.95 bits per heavy atom. The quantitative estimate of drug-likeness (QED) is 0.785. The molecule has 0 unspecified atom stereocenters. The number of carbonyl (C=O) groups excluding carboxylic acids is 1. The maximum Gasteiger partial charge on any atom is 0.156 e. The third-order valence-electron chi connectivity index (χ3n) is 2.57. The van der Waals surface area contributed by atoms with Gasteiger partial charge in [-0.15, -0.1) is 0 Å². The molecule has 0 bridgehead atoms. The number of carbonyl (C=O) groups is 1. The Morgan fingerprint density at radius 3 is 2.58 bits per heavy atom. The lowest BCUT2D eigenvalue weighted by atomic mass is 10.1. The number of nitriles is 1. The van der Waals surface area contributed by atoms with Gasteiger partial charge in [-0.2, -0.15) is 5.26 Å². The molecule has 0 saturated heterocycles. The lowest BCUT2D eigenvalue weighted by molar-refractivity contribution is 0.111. The minimum atomic E-state index is -0.617. The molecule has 0 aliphatic rings. The molecule has 0 aliphatic heterocycles. The molecule has 2 rings (SSSR count). The van der Waals surface area contributed by atoms with Crippen LogP contribution < -0.4 is 4.74 Å². The van der Waals surface area contributed by atoms with E-state index in [1.807, 2.05) is 6.07 Å². The van der Waals surface area contributed by atoms with Crippen molar-refractivity contribution >= 4 is 6.29 Å². The Labute approximate surface area is 109 Å². The normalized spacial score (nSPS) is 9.68. The molecule has 0 saturated carbocycles. The molecule has 0 atom stereocenters. The van der Waals surface area contributed by atoms with Crippen LogP contribution in [0.4, 0.5) is 4.39 Å². The highest BCUT2D eigenvalue weighted by Gasteiger charge is 2.09. The van der Waals surface area contributed by atoms with Crippen molar-refractivity contribution in [3.05, 3.63) is 59.4 Å². The summed E-state index contributed by atoms with van der Waals surface area (Å²) in [5.41, 5.74) is 0.758. The highest BCUT2D eigenvalue weighted by atomic mass is 19.1. The van der Waals surface area contributed by atoms with Crippen molar-refractivity contribution in [2.24, 2.45) is 0 Å². The van der Waals surface area contributed by atoms with Gasteiger partial charge in [-0.1, -0.05) is 18.2 Å². The van der Waals surface area contributed by atoms with Crippen molar-refractivity contribution < 1.29 is 13.9 Å². The average molecular weight is 255 g/mol. The summed E-state index contributed by atoms with van der Waals surface area (Å²) >= 11 is 0. The van der Waals surface area contributed by atoms with Crippen LogP contribution in [0.15, 0.2) is 42.5 Å². The third kappa shape index (κ3) is 2.96. The second-order valence-corrected chi connectivity index (χ2v) is 3.85. The molecule has 0 aliphatic carbocycles. The van der Waals surface area contributed by atoms with E-state index < -0.39 is 5.82 Å². The number of halogens is 1. The van der Waals surface area contributed by atoms with Crippen LogP contribution in [-0.4, -0.2) is 6.29 Å². The van der Waals surface area contributed by atoms with Gasteiger partial charge >= 0.3 is 0 Å². The summed E-state index contributed by atoms with van der Waals surface area (Å²) < 4.78 is 18.8. The van der Waals surface area contributed by atoms with Gasteiger partial charge < -0.3 is 4.74 Å². The summed E-state index contributed by atoms with van der Waals surface area (Å²) in [6.07, 6.45) is 0.745. The molecule has 3 nitrogen and oxygen atoms in total. The summed E-state index contributed by atoms with van der Waals surface area (Å²) in [6, 6.07) is 13.1. The van der Waals surface area contributed by atoms with Crippen LogP contribution in [0.25, 0.3) is 0 Å². The zero-order valence-electron chi connectivity index (χ0n) is 9.97. The topological polar surface area (TPSA) is 50.1 Å². The van der Waals surface area contributed by atoms with E-state index in [4.69, 9.17) is 10.00 Å². The van der Waals surface area contributed by atoms with E-state index in [1.165, 1.54) is 18.2 Å². The molecule has 0 aromatic heterocycles. The van der Waals surface area contributed by atoms with Crippen LogP contribution in [0, 0.1) is 17.1 Å². The van der Waals surface area contributed by atoms with E-state index >= 15 is 0 Å². The Kier molecular flexibility index (Phi) is 3.89. The summed E-state index contributed by atoms with van der Waals surface area (Å²) in [7, 11) is 0. The van der Waals surface area contributed by atoms with Gasteiger partial charge in [-0.25, -0.2) is 4.39 Å². The number of hydrogen-bond acceptors (Lipinski definition) is 3. The van der Waals surface area contributed by atoms with Crippen molar-refractivity contribution in [3.63, 3.8) is 0 Å². The first kappa shape index (κ1) is 12.8. The van der Waals surface area contributed by atoms with Gasteiger partial charge in [0.25, 0.3) is 0 Å².